The van der Waals surface area contributed by atoms with E-state index < -0.39 is 5.97 Å². The van der Waals surface area contributed by atoms with Crippen LogP contribution in [0.3, 0.4) is 0 Å². The molecule has 0 fully saturated rings. The molecule has 0 saturated heterocycles. The minimum atomic E-state index is -0.405. The molecule has 0 aliphatic rings. The zero-order valence-corrected chi connectivity index (χ0v) is 8.74. The molecule has 4 nitrogen and oxygen atoms in total. The molecule has 0 spiro atoms. The van der Waals surface area contributed by atoms with Crippen molar-refractivity contribution in [2.24, 2.45) is 0 Å². The summed E-state index contributed by atoms with van der Waals surface area (Å²) in [4.78, 5) is 22.5. The van der Waals surface area contributed by atoms with Crippen LogP contribution in [0.25, 0.3) is 0 Å². The predicted molar refractivity (Wildman–Crippen MR) is 55.8 cm³/mol. The first-order valence-corrected chi connectivity index (χ1v) is 4.65. The van der Waals surface area contributed by atoms with Crippen molar-refractivity contribution in [3.63, 3.8) is 0 Å². The van der Waals surface area contributed by atoms with Gasteiger partial charge in [0.2, 0.25) is 0 Å². The van der Waals surface area contributed by atoms with E-state index >= 15 is 0 Å². The summed E-state index contributed by atoms with van der Waals surface area (Å²) in [7, 11) is 1.32. The van der Waals surface area contributed by atoms with Gasteiger partial charge in [-0.3, -0.25) is 4.79 Å². The fourth-order valence-corrected chi connectivity index (χ4v) is 1.14. The van der Waals surface area contributed by atoms with E-state index in [4.69, 9.17) is 0 Å². The standard InChI is InChI=1S/C11H13NO3/c1-3-12-10(13)8-4-6-9(7-5-8)11(14)15-2/h4-7H,3H2,1-2H3,(H,12,13). The molecule has 0 saturated carbocycles. The zero-order chi connectivity index (χ0) is 11.3. The highest BCUT2D eigenvalue weighted by Crippen LogP contribution is 2.05. The van der Waals surface area contributed by atoms with Crippen LogP contribution in [0.15, 0.2) is 24.3 Å². The monoisotopic (exact) mass is 207 g/mol. The first kappa shape index (κ1) is 11.2. The van der Waals surface area contributed by atoms with Gasteiger partial charge in [-0.25, -0.2) is 4.79 Å². The Kier molecular flexibility index (Phi) is 3.85. The zero-order valence-electron chi connectivity index (χ0n) is 8.74. The van der Waals surface area contributed by atoms with E-state index in [1.165, 1.54) is 7.11 Å². The SMILES string of the molecule is CCNC(=O)c1ccc(C(=O)OC)cc1. The number of hydrogen-bond acceptors (Lipinski definition) is 3. The summed E-state index contributed by atoms with van der Waals surface area (Å²) in [5.74, 6) is -0.550. The van der Waals surface area contributed by atoms with E-state index in [0.29, 0.717) is 17.7 Å². The Morgan fingerprint density at radius 2 is 1.73 bits per heavy atom. The first-order valence-electron chi connectivity index (χ1n) is 4.65. The van der Waals surface area contributed by atoms with Crippen molar-refractivity contribution in [2.45, 2.75) is 6.92 Å². The average molecular weight is 207 g/mol. The Balaban J connectivity index is 2.80. The molecule has 80 valence electrons. The van der Waals surface area contributed by atoms with E-state index in [2.05, 4.69) is 10.1 Å². The minimum Gasteiger partial charge on any atom is -0.465 e. The Morgan fingerprint density at radius 1 is 1.20 bits per heavy atom. The summed E-state index contributed by atoms with van der Waals surface area (Å²) in [5, 5.41) is 2.67. The number of carbonyl (C=O) groups excluding carboxylic acids is 2. The summed E-state index contributed by atoms with van der Waals surface area (Å²) >= 11 is 0. The number of nitrogens with one attached hydrogen (secondary N) is 1. The molecule has 0 atom stereocenters. The van der Waals surface area contributed by atoms with Gasteiger partial charge in [0.25, 0.3) is 5.91 Å². The number of esters is 1. The van der Waals surface area contributed by atoms with Gasteiger partial charge in [0, 0.05) is 12.1 Å². The maximum absolute atomic E-state index is 11.4. The van der Waals surface area contributed by atoms with Gasteiger partial charge in [-0.2, -0.15) is 0 Å². The normalized spacial score (nSPS) is 9.47. The molecule has 0 heterocycles. The Morgan fingerprint density at radius 3 is 2.20 bits per heavy atom. The van der Waals surface area contributed by atoms with E-state index in [1.54, 1.807) is 24.3 Å². The Hall–Kier alpha value is -1.84. The van der Waals surface area contributed by atoms with Crippen LogP contribution in [0.5, 0.6) is 0 Å². The summed E-state index contributed by atoms with van der Waals surface area (Å²) in [5.41, 5.74) is 0.968. The predicted octanol–water partition coefficient (Wildman–Crippen LogP) is 1.22. The van der Waals surface area contributed by atoms with Crippen molar-refractivity contribution in [3.8, 4) is 0 Å². The van der Waals surface area contributed by atoms with Gasteiger partial charge in [-0.15, -0.1) is 0 Å². The van der Waals surface area contributed by atoms with Crippen LogP contribution in [-0.4, -0.2) is 25.5 Å². The van der Waals surface area contributed by atoms with E-state index in [1.807, 2.05) is 6.92 Å². The van der Waals surface area contributed by atoms with Crippen LogP contribution in [0.4, 0.5) is 0 Å². The molecule has 0 aliphatic carbocycles. The summed E-state index contributed by atoms with van der Waals surface area (Å²) < 4.78 is 4.54. The maximum Gasteiger partial charge on any atom is 0.337 e. The molecule has 0 aliphatic heterocycles. The molecule has 1 rings (SSSR count). The topological polar surface area (TPSA) is 55.4 Å². The number of ether oxygens (including phenoxy) is 1. The van der Waals surface area contributed by atoms with Crippen LogP contribution >= 0.6 is 0 Å². The number of hydrogen-bond donors (Lipinski definition) is 1. The summed E-state index contributed by atoms with van der Waals surface area (Å²) in [6.45, 7) is 2.43. The largest absolute Gasteiger partial charge is 0.465 e. The van der Waals surface area contributed by atoms with Gasteiger partial charge in [0.15, 0.2) is 0 Å². The molecule has 1 amide bonds. The molecule has 15 heavy (non-hydrogen) atoms. The van der Waals surface area contributed by atoms with Gasteiger partial charge in [-0.05, 0) is 31.2 Å². The molecule has 1 N–H and O–H groups in total. The van der Waals surface area contributed by atoms with E-state index in [0.717, 1.165) is 0 Å². The quantitative estimate of drug-likeness (QED) is 0.758. The third-order valence-electron chi connectivity index (χ3n) is 1.91. The maximum atomic E-state index is 11.4. The average Bonchev–Trinajstić information content (AvgIpc) is 2.28. The molecule has 0 unspecified atom stereocenters. The molecular formula is C11H13NO3. The molecule has 0 radical (unpaired) electrons. The lowest BCUT2D eigenvalue weighted by Crippen LogP contribution is -2.22. The molecule has 0 bridgehead atoms. The molecular weight excluding hydrogens is 194 g/mol. The number of rotatable bonds is 3. The smallest absolute Gasteiger partial charge is 0.337 e. The van der Waals surface area contributed by atoms with Crippen LogP contribution in [-0.2, 0) is 4.74 Å². The van der Waals surface area contributed by atoms with Gasteiger partial charge >= 0.3 is 5.97 Å². The summed E-state index contributed by atoms with van der Waals surface area (Å²) in [6, 6.07) is 6.32. The lowest BCUT2D eigenvalue weighted by Gasteiger charge is -2.03. The van der Waals surface area contributed by atoms with Crippen molar-refractivity contribution in [1.82, 2.24) is 5.32 Å². The lowest BCUT2D eigenvalue weighted by atomic mass is 10.1. The van der Waals surface area contributed by atoms with Crippen molar-refractivity contribution < 1.29 is 14.3 Å². The van der Waals surface area contributed by atoms with E-state index in [9.17, 15) is 9.59 Å². The second-order valence-electron chi connectivity index (χ2n) is 2.93. The van der Waals surface area contributed by atoms with E-state index in [-0.39, 0.29) is 5.91 Å². The number of amides is 1. The second kappa shape index (κ2) is 5.14. The third-order valence-corrected chi connectivity index (χ3v) is 1.91. The number of methoxy groups -OCH3 is 1. The minimum absolute atomic E-state index is 0.145. The van der Waals surface area contributed by atoms with Gasteiger partial charge in [0.1, 0.15) is 0 Å². The van der Waals surface area contributed by atoms with Crippen molar-refractivity contribution in [1.29, 1.82) is 0 Å². The van der Waals surface area contributed by atoms with Gasteiger partial charge in [-0.1, -0.05) is 0 Å². The fraction of sp³-hybridized carbons (Fsp3) is 0.273. The second-order valence-corrected chi connectivity index (χ2v) is 2.93. The number of carbonyl (C=O) groups is 2. The van der Waals surface area contributed by atoms with Crippen LogP contribution in [0, 0.1) is 0 Å². The molecule has 0 aromatic heterocycles. The van der Waals surface area contributed by atoms with Crippen LogP contribution < -0.4 is 5.32 Å². The fourth-order valence-electron chi connectivity index (χ4n) is 1.14. The van der Waals surface area contributed by atoms with Crippen molar-refractivity contribution >= 4 is 11.9 Å². The van der Waals surface area contributed by atoms with Gasteiger partial charge < -0.3 is 10.1 Å². The Bertz CT molecular complexity index is 357. The van der Waals surface area contributed by atoms with Gasteiger partial charge in [0.05, 0.1) is 12.7 Å². The number of benzene rings is 1. The highest BCUT2D eigenvalue weighted by atomic mass is 16.5. The lowest BCUT2D eigenvalue weighted by molar-refractivity contribution is 0.0600. The van der Waals surface area contributed by atoms with Crippen molar-refractivity contribution in [3.05, 3.63) is 35.4 Å². The van der Waals surface area contributed by atoms with Crippen molar-refractivity contribution in [2.75, 3.05) is 13.7 Å². The first-order chi connectivity index (χ1) is 7.19. The van der Waals surface area contributed by atoms with Crippen LogP contribution in [0.1, 0.15) is 27.6 Å². The highest BCUT2D eigenvalue weighted by Gasteiger charge is 2.07. The Labute approximate surface area is 88.2 Å². The van der Waals surface area contributed by atoms with Crippen LogP contribution in [0.2, 0.25) is 0 Å². The molecule has 1 aromatic rings. The highest BCUT2D eigenvalue weighted by molar-refractivity contribution is 5.96. The molecule has 1 aromatic carbocycles. The molecule has 4 heteroatoms. The third kappa shape index (κ3) is 2.80. The summed E-state index contributed by atoms with van der Waals surface area (Å²) in [6.07, 6.45) is 0.